The molecule has 5 rings (SSSR count). The topological polar surface area (TPSA) is 101 Å². The number of hydrogen-bond acceptors (Lipinski definition) is 4. The number of hydrogen-bond donors (Lipinski definition) is 2. The lowest BCUT2D eigenvalue weighted by molar-refractivity contribution is -0.138. The van der Waals surface area contributed by atoms with Crippen LogP contribution in [0.3, 0.4) is 0 Å². The molecule has 0 bridgehead atoms. The normalized spacial score (nSPS) is 38.0. The zero-order chi connectivity index (χ0) is 28.9. The van der Waals surface area contributed by atoms with Gasteiger partial charge < -0.3 is 5.11 Å². The predicted octanol–water partition coefficient (Wildman–Crippen LogP) is 7.29. The van der Waals surface area contributed by atoms with Crippen molar-refractivity contribution in [2.45, 2.75) is 110 Å². The van der Waals surface area contributed by atoms with Crippen molar-refractivity contribution in [2.24, 2.45) is 52.3 Å². The van der Waals surface area contributed by atoms with E-state index in [4.69, 9.17) is 0 Å². The monoisotopic (exact) mass is 571 g/mol. The Morgan fingerprint density at radius 2 is 1.77 bits per heavy atom. The lowest BCUT2D eigenvalue weighted by Gasteiger charge is -2.63. The molecule has 1 aromatic rings. The molecule has 222 valence electrons. The first-order chi connectivity index (χ1) is 18.9. The second-order valence-electron chi connectivity index (χ2n) is 14.2. The van der Waals surface area contributed by atoms with E-state index in [-0.39, 0.29) is 16.9 Å². The third kappa shape index (κ3) is 5.13. The zero-order valence-electron chi connectivity index (χ0n) is 24.8. The molecular weight excluding hydrogens is 522 g/mol. The van der Waals surface area contributed by atoms with Gasteiger partial charge in [-0.05, 0) is 122 Å². The van der Waals surface area contributed by atoms with Crippen molar-refractivity contribution >= 4 is 21.9 Å². The van der Waals surface area contributed by atoms with E-state index in [0.717, 1.165) is 35.7 Å². The molecular formula is C33H49NO5S. The van der Waals surface area contributed by atoms with Gasteiger partial charge in [0.1, 0.15) is 0 Å². The molecule has 4 aliphatic rings. The fraction of sp³-hybridized carbons (Fsp3) is 0.758. The van der Waals surface area contributed by atoms with Gasteiger partial charge in [0.15, 0.2) is 0 Å². The Balaban J connectivity index is 1.23. The molecule has 2 N–H and O–H groups in total. The van der Waals surface area contributed by atoms with Crippen molar-refractivity contribution in [1.82, 2.24) is 4.72 Å². The highest BCUT2D eigenvalue weighted by Gasteiger charge is 2.61. The number of carboxylic acids is 1. The molecule has 0 saturated heterocycles. The fourth-order valence-electron chi connectivity index (χ4n) is 10.6. The van der Waals surface area contributed by atoms with E-state index < -0.39 is 21.9 Å². The number of amides is 1. The van der Waals surface area contributed by atoms with E-state index in [2.05, 4.69) is 32.4 Å². The molecule has 7 heteroatoms. The molecule has 1 aromatic carbocycles. The van der Waals surface area contributed by atoms with Gasteiger partial charge in [-0.3, -0.25) is 4.79 Å². The second-order valence-corrected chi connectivity index (χ2v) is 15.9. The van der Waals surface area contributed by atoms with E-state index in [9.17, 15) is 23.1 Å². The first-order valence-corrected chi connectivity index (χ1v) is 17.3. The summed E-state index contributed by atoms with van der Waals surface area (Å²) in [6.45, 7) is 9.86. The number of carboxylic acid groups (broad SMARTS) is 1. The summed E-state index contributed by atoms with van der Waals surface area (Å²) in [5.74, 6) is 3.42. The molecule has 0 spiro atoms. The summed E-state index contributed by atoms with van der Waals surface area (Å²) in [5.41, 5.74) is 0.690. The first-order valence-electron chi connectivity index (χ1n) is 15.8. The first kappa shape index (κ1) is 29.6. The fourth-order valence-corrected chi connectivity index (χ4v) is 11.7. The van der Waals surface area contributed by atoms with E-state index in [1.54, 1.807) is 0 Å². The van der Waals surface area contributed by atoms with Crippen molar-refractivity contribution < 1.29 is 23.1 Å². The van der Waals surface area contributed by atoms with Crippen LogP contribution in [-0.4, -0.2) is 25.4 Å². The third-order valence-electron chi connectivity index (χ3n) is 12.5. The zero-order valence-corrected chi connectivity index (χ0v) is 25.6. The minimum Gasteiger partial charge on any atom is -0.478 e. The Morgan fingerprint density at radius 1 is 1.02 bits per heavy atom. The Bertz CT molecular complexity index is 1230. The van der Waals surface area contributed by atoms with Gasteiger partial charge in [0, 0.05) is 6.42 Å². The van der Waals surface area contributed by atoms with E-state index >= 15 is 0 Å². The van der Waals surface area contributed by atoms with Crippen LogP contribution in [-0.2, 0) is 14.8 Å². The van der Waals surface area contributed by atoms with Crippen LogP contribution in [0.5, 0.6) is 0 Å². The molecule has 4 saturated carbocycles. The van der Waals surface area contributed by atoms with Crippen molar-refractivity contribution in [1.29, 1.82) is 0 Å². The largest absolute Gasteiger partial charge is 0.478 e. The van der Waals surface area contributed by atoms with Crippen molar-refractivity contribution in [3.05, 3.63) is 29.8 Å². The van der Waals surface area contributed by atoms with Crippen LogP contribution in [0.1, 0.15) is 115 Å². The van der Waals surface area contributed by atoms with Gasteiger partial charge in [-0.15, -0.1) is 0 Å². The number of carbonyl (C=O) groups is 2. The SMILES string of the molecule is CC[C@H]1CC2C3CC[C@H]([C@H](C)CCC(=O)NS(=O)(=O)c4cccc(C(=O)O)c4)[C@@]3(C)CCC2[C@@]2(C)CCCC[C@@H]12. The highest BCUT2D eigenvalue weighted by Crippen LogP contribution is 2.69. The number of fused-ring (bicyclic) bond motifs is 5. The number of nitrogens with one attached hydrogen (secondary N) is 1. The number of benzene rings is 1. The molecule has 1 amide bonds. The van der Waals surface area contributed by atoms with Gasteiger partial charge in [0.2, 0.25) is 5.91 Å². The summed E-state index contributed by atoms with van der Waals surface area (Å²) in [4.78, 5) is 23.8. The maximum absolute atomic E-state index is 12.8. The number of sulfonamides is 1. The van der Waals surface area contributed by atoms with Crippen molar-refractivity contribution in [3.63, 3.8) is 0 Å². The summed E-state index contributed by atoms with van der Waals surface area (Å²) >= 11 is 0. The third-order valence-corrected chi connectivity index (χ3v) is 13.9. The lowest BCUT2D eigenvalue weighted by atomic mass is 9.42. The Morgan fingerprint density at radius 3 is 2.50 bits per heavy atom. The van der Waals surface area contributed by atoms with Crippen LogP contribution >= 0.6 is 0 Å². The van der Waals surface area contributed by atoms with Crippen LogP contribution in [0.2, 0.25) is 0 Å². The smallest absolute Gasteiger partial charge is 0.335 e. The lowest BCUT2D eigenvalue weighted by Crippen LogP contribution is -2.55. The van der Waals surface area contributed by atoms with E-state index in [1.807, 2.05) is 0 Å². The molecule has 6 nitrogen and oxygen atoms in total. The highest BCUT2D eigenvalue weighted by molar-refractivity contribution is 7.90. The minimum atomic E-state index is -4.11. The average molecular weight is 572 g/mol. The Hall–Kier alpha value is -1.89. The van der Waals surface area contributed by atoms with Crippen LogP contribution < -0.4 is 4.72 Å². The van der Waals surface area contributed by atoms with Gasteiger partial charge in [-0.1, -0.05) is 53.0 Å². The van der Waals surface area contributed by atoms with Crippen molar-refractivity contribution in [2.75, 3.05) is 0 Å². The molecule has 4 fully saturated rings. The van der Waals surface area contributed by atoms with Gasteiger partial charge >= 0.3 is 5.97 Å². The average Bonchev–Trinajstić information content (AvgIpc) is 3.28. The maximum atomic E-state index is 12.8. The molecule has 0 radical (unpaired) electrons. The molecule has 4 aliphatic carbocycles. The maximum Gasteiger partial charge on any atom is 0.335 e. The van der Waals surface area contributed by atoms with E-state index in [0.29, 0.717) is 29.1 Å². The summed E-state index contributed by atoms with van der Waals surface area (Å²) < 4.78 is 27.7. The van der Waals surface area contributed by atoms with Crippen molar-refractivity contribution in [3.8, 4) is 0 Å². The quantitative estimate of drug-likeness (QED) is 0.341. The predicted molar refractivity (Wildman–Crippen MR) is 156 cm³/mol. The standard InChI is InChI=1S/C33H49NO5S/c1-5-22-20-25-28-14-13-26(33(28,4)18-16-29(25)32(3)17-7-6-11-27(22)32)21(2)12-15-30(35)34-40(38,39)24-10-8-9-23(19-24)31(36)37/h8-10,19,21-22,25-29H,5-7,11-18,20H2,1-4H3,(H,34,35)(H,36,37)/t21-,22+,25?,26-,27+,28?,29?,32+,33-/m1/s1. The molecule has 9 atom stereocenters. The summed E-state index contributed by atoms with van der Waals surface area (Å²) in [5, 5.41) is 9.18. The molecule has 40 heavy (non-hydrogen) atoms. The summed E-state index contributed by atoms with van der Waals surface area (Å²) in [6, 6.07) is 5.10. The number of rotatable bonds is 8. The molecule has 0 heterocycles. The Labute approximate surface area is 241 Å². The molecule has 0 aliphatic heterocycles. The molecule has 0 aromatic heterocycles. The summed E-state index contributed by atoms with van der Waals surface area (Å²) in [6.07, 6.45) is 14.3. The van der Waals surface area contributed by atoms with Crippen LogP contribution in [0.4, 0.5) is 0 Å². The molecule has 3 unspecified atom stereocenters. The summed E-state index contributed by atoms with van der Waals surface area (Å²) in [7, 11) is -4.11. The van der Waals surface area contributed by atoms with Gasteiger partial charge in [-0.2, -0.15) is 0 Å². The Kier molecular flexibility index (Phi) is 8.19. The van der Waals surface area contributed by atoms with Gasteiger partial charge in [-0.25, -0.2) is 17.9 Å². The van der Waals surface area contributed by atoms with Crippen LogP contribution in [0.15, 0.2) is 29.2 Å². The van der Waals surface area contributed by atoms with Gasteiger partial charge in [0.05, 0.1) is 10.5 Å². The highest BCUT2D eigenvalue weighted by atomic mass is 32.2. The minimum absolute atomic E-state index is 0.126. The second kappa shape index (κ2) is 11.1. The van der Waals surface area contributed by atoms with Gasteiger partial charge in [0.25, 0.3) is 10.0 Å². The van der Waals surface area contributed by atoms with E-state index in [1.165, 1.54) is 82.4 Å². The number of aromatic carboxylic acids is 1. The number of carbonyl (C=O) groups excluding carboxylic acids is 1. The van der Waals surface area contributed by atoms with Crippen LogP contribution in [0, 0.1) is 52.3 Å². The van der Waals surface area contributed by atoms with Crippen LogP contribution in [0.25, 0.3) is 0 Å².